The molecule has 0 fully saturated rings. The fourth-order valence-corrected chi connectivity index (χ4v) is 2.78. The van der Waals surface area contributed by atoms with Gasteiger partial charge >= 0.3 is 12.1 Å². The fraction of sp³-hybridized carbons (Fsp3) is 0.353. The molecule has 0 aliphatic carbocycles. The van der Waals surface area contributed by atoms with E-state index in [0.29, 0.717) is 11.1 Å². The molecular weight excluding hydrogens is 307 g/mol. The number of methoxy groups -OCH3 is 1. The molecule has 0 amide bonds. The van der Waals surface area contributed by atoms with Crippen molar-refractivity contribution >= 4 is 11.5 Å². The van der Waals surface area contributed by atoms with Crippen molar-refractivity contribution in [2.75, 3.05) is 20.7 Å². The van der Waals surface area contributed by atoms with Crippen LogP contribution in [0, 0.1) is 0 Å². The molecule has 1 heterocycles. The number of likely N-dealkylation sites (N-methyl/N-ethyl adjacent to an activating group) is 1. The van der Waals surface area contributed by atoms with Crippen molar-refractivity contribution in [2.45, 2.75) is 18.1 Å². The minimum atomic E-state index is -4.73. The largest absolute Gasteiger partial charge is 0.467 e. The zero-order valence-corrected chi connectivity index (χ0v) is 13.0. The molecule has 0 saturated carbocycles. The maximum absolute atomic E-state index is 13.5. The van der Waals surface area contributed by atoms with E-state index >= 15 is 0 Å². The van der Waals surface area contributed by atoms with Crippen LogP contribution in [0.1, 0.15) is 12.0 Å². The number of carbonyl (C=O) groups is 1. The van der Waals surface area contributed by atoms with Gasteiger partial charge in [-0.2, -0.15) is 13.2 Å². The van der Waals surface area contributed by atoms with Gasteiger partial charge in [-0.15, -0.1) is 0 Å². The summed E-state index contributed by atoms with van der Waals surface area (Å²) in [6.45, 7) is 3.93. The molecule has 1 aliphatic rings. The highest BCUT2D eigenvalue weighted by molar-refractivity contribution is 5.84. The minimum absolute atomic E-state index is 0.0393. The third kappa shape index (κ3) is 2.91. The summed E-state index contributed by atoms with van der Waals surface area (Å²) in [5, 5.41) is 0. The second-order valence-electron chi connectivity index (χ2n) is 5.48. The highest BCUT2D eigenvalue weighted by Gasteiger charge is 2.64. The molecule has 2 rings (SSSR count). The molecule has 1 aromatic rings. The third-order valence-corrected chi connectivity index (χ3v) is 4.20. The lowest BCUT2D eigenvalue weighted by molar-refractivity contribution is -0.236. The van der Waals surface area contributed by atoms with Gasteiger partial charge in [-0.05, 0) is 23.8 Å². The molecule has 6 heteroatoms. The minimum Gasteiger partial charge on any atom is -0.467 e. The Morgan fingerprint density at radius 3 is 2.39 bits per heavy atom. The molecule has 1 aromatic carbocycles. The lowest BCUT2D eigenvalue weighted by Crippen LogP contribution is -2.64. The van der Waals surface area contributed by atoms with Crippen molar-refractivity contribution in [3.8, 4) is 0 Å². The predicted molar refractivity (Wildman–Crippen MR) is 81.6 cm³/mol. The van der Waals surface area contributed by atoms with Crippen LogP contribution >= 0.6 is 0 Å². The normalized spacial score (nSPS) is 22.4. The van der Waals surface area contributed by atoms with Crippen LogP contribution in [0.3, 0.4) is 0 Å². The lowest BCUT2D eigenvalue weighted by Gasteiger charge is -2.43. The first-order valence-electron chi connectivity index (χ1n) is 7.04. The summed E-state index contributed by atoms with van der Waals surface area (Å²) in [6.07, 6.45) is -3.80. The lowest BCUT2D eigenvalue weighted by atomic mass is 9.84. The van der Waals surface area contributed by atoms with Gasteiger partial charge in [0.15, 0.2) is 0 Å². The Kier molecular flexibility index (Phi) is 4.66. The quantitative estimate of drug-likeness (QED) is 0.798. The van der Waals surface area contributed by atoms with Crippen LogP contribution in [0.4, 0.5) is 13.2 Å². The van der Waals surface area contributed by atoms with Crippen molar-refractivity contribution in [3.63, 3.8) is 0 Å². The van der Waals surface area contributed by atoms with E-state index in [-0.39, 0.29) is 6.54 Å². The van der Waals surface area contributed by atoms with E-state index in [4.69, 9.17) is 0 Å². The van der Waals surface area contributed by atoms with Gasteiger partial charge in [0.25, 0.3) is 0 Å². The average molecular weight is 325 g/mol. The number of benzene rings is 1. The maximum atomic E-state index is 13.5. The number of carbonyl (C=O) groups excluding carboxylic acids is 1. The Labute approximate surface area is 133 Å². The molecule has 0 spiro atoms. The topological polar surface area (TPSA) is 29.5 Å². The summed E-state index contributed by atoms with van der Waals surface area (Å²) < 4.78 is 45.0. The summed E-state index contributed by atoms with van der Waals surface area (Å²) in [5.74, 6) is -1.30. The molecule has 0 aromatic heterocycles. The first-order chi connectivity index (χ1) is 10.7. The van der Waals surface area contributed by atoms with Crippen molar-refractivity contribution in [2.24, 2.45) is 0 Å². The summed E-state index contributed by atoms with van der Waals surface area (Å²) in [7, 11) is 2.24. The van der Waals surface area contributed by atoms with E-state index in [0.717, 1.165) is 17.6 Å². The van der Waals surface area contributed by atoms with Gasteiger partial charge in [0.1, 0.15) is 0 Å². The third-order valence-electron chi connectivity index (χ3n) is 4.20. The SMILES string of the molecule is C=C(C1=CCC(C(=O)OC)(C(F)(F)F)N(C)C1)c1ccccc1. The second-order valence-corrected chi connectivity index (χ2v) is 5.48. The van der Waals surface area contributed by atoms with Crippen LogP contribution in [-0.2, 0) is 9.53 Å². The zero-order chi connectivity index (χ0) is 17.3. The number of hydrogen-bond donors (Lipinski definition) is 0. The van der Waals surface area contributed by atoms with Crippen molar-refractivity contribution in [3.05, 3.63) is 54.1 Å². The van der Waals surface area contributed by atoms with Gasteiger partial charge in [-0.25, -0.2) is 4.79 Å². The van der Waals surface area contributed by atoms with Gasteiger partial charge in [0.05, 0.1) is 7.11 Å². The van der Waals surface area contributed by atoms with E-state index < -0.39 is 24.1 Å². The average Bonchev–Trinajstić information content (AvgIpc) is 2.53. The summed E-state index contributed by atoms with van der Waals surface area (Å²) >= 11 is 0. The number of nitrogens with zero attached hydrogens (tertiary/aromatic N) is 1. The van der Waals surface area contributed by atoms with Crippen molar-refractivity contribution < 1.29 is 22.7 Å². The Morgan fingerprint density at radius 1 is 1.30 bits per heavy atom. The first kappa shape index (κ1) is 17.3. The van der Waals surface area contributed by atoms with E-state index in [2.05, 4.69) is 11.3 Å². The van der Waals surface area contributed by atoms with Crippen molar-refractivity contribution in [1.29, 1.82) is 0 Å². The number of esters is 1. The molecule has 1 unspecified atom stereocenters. The van der Waals surface area contributed by atoms with E-state index in [1.165, 1.54) is 13.1 Å². The first-order valence-corrected chi connectivity index (χ1v) is 7.04. The van der Waals surface area contributed by atoms with Crippen LogP contribution in [0.2, 0.25) is 0 Å². The van der Waals surface area contributed by atoms with Crippen molar-refractivity contribution in [1.82, 2.24) is 4.90 Å². The molecule has 0 N–H and O–H groups in total. The van der Waals surface area contributed by atoms with Crippen LogP contribution in [0.5, 0.6) is 0 Å². The van der Waals surface area contributed by atoms with E-state index in [1.807, 2.05) is 30.3 Å². The fourth-order valence-electron chi connectivity index (χ4n) is 2.78. The highest BCUT2D eigenvalue weighted by Crippen LogP contribution is 2.43. The van der Waals surface area contributed by atoms with Crippen LogP contribution in [0.15, 0.2) is 48.6 Å². The van der Waals surface area contributed by atoms with Crippen LogP contribution < -0.4 is 0 Å². The number of halogens is 3. The van der Waals surface area contributed by atoms with Crippen LogP contribution in [-0.4, -0.2) is 43.3 Å². The Hall–Kier alpha value is -2.08. The summed E-state index contributed by atoms with van der Waals surface area (Å²) in [4.78, 5) is 12.8. The summed E-state index contributed by atoms with van der Waals surface area (Å²) in [5.41, 5.74) is -0.493. The summed E-state index contributed by atoms with van der Waals surface area (Å²) in [6, 6.07) is 9.21. The number of ether oxygens (including phenoxy) is 1. The standard InChI is InChI=1S/C17H18F3NO2/c1-12(13-7-5-4-6-8-13)14-9-10-16(15(22)23-3,17(18,19)20)21(2)11-14/h4-9H,1,10-11H2,2-3H3. The molecule has 0 saturated heterocycles. The predicted octanol–water partition coefficient (Wildman–Crippen LogP) is 3.44. The molecule has 1 atom stereocenters. The molecular formula is C17H18F3NO2. The van der Waals surface area contributed by atoms with Gasteiger partial charge < -0.3 is 4.74 Å². The second kappa shape index (κ2) is 6.20. The molecule has 124 valence electrons. The van der Waals surface area contributed by atoms with Gasteiger partial charge in [-0.1, -0.05) is 43.0 Å². The number of alkyl halides is 3. The highest BCUT2D eigenvalue weighted by atomic mass is 19.4. The van der Waals surface area contributed by atoms with Gasteiger partial charge in [0.2, 0.25) is 5.54 Å². The van der Waals surface area contributed by atoms with Gasteiger partial charge in [-0.3, -0.25) is 4.90 Å². The van der Waals surface area contributed by atoms with Gasteiger partial charge in [0, 0.05) is 13.0 Å². The van der Waals surface area contributed by atoms with E-state index in [9.17, 15) is 18.0 Å². The smallest absolute Gasteiger partial charge is 0.417 e. The Balaban J connectivity index is 2.37. The Morgan fingerprint density at radius 2 is 1.91 bits per heavy atom. The Bertz CT molecular complexity index is 637. The monoisotopic (exact) mass is 325 g/mol. The zero-order valence-electron chi connectivity index (χ0n) is 13.0. The molecule has 1 aliphatic heterocycles. The molecule has 3 nitrogen and oxygen atoms in total. The molecule has 0 bridgehead atoms. The number of rotatable bonds is 3. The maximum Gasteiger partial charge on any atom is 0.417 e. The molecule has 0 radical (unpaired) electrons. The van der Waals surface area contributed by atoms with Crippen LogP contribution in [0.25, 0.3) is 5.57 Å². The molecule has 23 heavy (non-hydrogen) atoms. The van der Waals surface area contributed by atoms with E-state index in [1.54, 1.807) is 0 Å². The number of hydrogen-bond acceptors (Lipinski definition) is 3.